The summed E-state index contributed by atoms with van der Waals surface area (Å²) in [4.78, 5) is 4.18. The van der Waals surface area contributed by atoms with Gasteiger partial charge in [0.2, 0.25) is 0 Å². The van der Waals surface area contributed by atoms with Crippen LogP contribution in [-0.2, 0) is 0 Å². The average Bonchev–Trinajstić information content (AvgIpc) is 2.71. The molecule has 0 amide bonds. The Hall–Kier alpha value is -1.64. The zero-order chi connectivity index (χ0) is 11.4. The number of rotatable bonds is 4. The molecule has 0 unspecified atom stereocenters. The molecule has 0 bridgehead atoms. The monoisotopic (exact) mass is 232 g/mol. The first-order valence-corrected chi connectivity index (χ1v) is 5.90. The zero-order valence-electron chi connectivity index (χ0n) is 8.73. The minimum absolute atomic E-state index is 0.508. The molecule has 0 atom stereocenters. The summed E-state index contributed by atoms with van der Waals surface area (Å²) < 4.78 is 1.04. The van der Waals surface area contributed by atoms with Crippen molar-refractivity contribution >= 4 is 27.2 Å². The number of nitrogens with one attached hydrogen (secondary N) is 1. The molecule has 0 spiro atoms. The highest BCUT2D eigenvalue weighted by Gasteiger charge is 2.03. The van der Waals surface area contributed by atoms with E-state index in [-0.39, 0.29) is 0 Å². The van der Waals surface area contributed by atoms with E-state index in [9.17, 15) is 0 Å². The molecule has 5 heteroatoms. The number of hydrogen-bond acceptors (Lipinski definition) is 5. The summed E-state index contributed by atoms with van der Waals surface area (Å²) in [6.45, 7) is 1.56. The number of fused-ring (bicyclic) bond motifs is 1. The molecular formula is C11H12N4S. The largest absolute Gasteiger partial charge is 0.385 e. The Balaban J connectivity index is 2.19. The Labute approximate surface area is 97.7 Å². The van der Waals surface area contributed by atoms with Gasteiger partial charge in [0.25, 0.3) is 0 Å². The van der Waals surface area contributed by atoms with Gasteiger partial charge in [-0.15, -0.1) is 11.3 Å². The predicted octanol–water partition coefficient (Wildman–Crippen LogP) is 1.93. The van der Waals surface area contributed by atoms with Crippen molar-refractivity contribution < 1.29 is 0 Å². The molecule has 0 aliphatic rings. The Morgan fingerprint density at radius 3 is 3.12 bits per heavy atom. The van der Waals surface area contributed by atoms with Gasteiger partial charge in [0.1, 0.15) is 6.07 Å². The van der Waals surface area contributed by atoms with Crippen LogP contribution in [0.15, 0.2) is 18.2 Å². The Kier molecular flexibility index (Phi) is 3.34. The lowest BCUT2D eigenvalue weighted by Crippen LogP contribution is -2.08. The Bertz CT molecular complexity index is 526. The average molecular weight is 232 g/mol. The molecule has 0 radical (unpaired) electrons. The van der Waals surface area contributed by atoms with Crippen LogP contribution in [0.25, 0.3) is 10.2 Å². The van der Waals surface area contributed by atoms with E-state index in [0.29, 0.717) is 11.6 Å². The highest BCUT2D eigenvalue weighted by atomic mass is 32.1. The molecule has 0 aliphatic heterocycles. The SMILES string of the molecule is N#Cc1nc2ccc(NCCCN)cc2s1. The normalized spacial score (nSPS) is 10.2. The summed E-state index contributed by atoms with van der Waals surface area (Å²) >= 11 is 1.41. The van der Waals surface area contributed by atoms with Crippen LogP contribution in [0.4, 0.5) is 5.69 Å². The summed E-state index contributed by atoms with van der Waals surface area (Å²) in [5, 5.41) is 12.5. The van der Waals surface area contributed by atoms with Crippen LogP contribution >= 0.6 is 11.3 Å². The molecule has 1 heterocycles. The fourth-order valence-electron chi connectivity index (χ4n) is 1.42. The molecular weight excluding hydrogens is 220 g/mol. The van der Waals surface area contributed by atoms with Gasteiger partial charge in [-0.05, 0) is 31.2 Å². The van der Waals surface area contributed by atoms with E-state index in [4.69, 9.17) is 11.0 Å². The summed E-state index contributed by atoms with van der Waals surface area (Å²) in [6, 6.07) is 7.98. The van der Waals surface area contributed by atoms with Gasteiger partial charge < -0.3 is 11.1 Å². The van der Waals surface area contributed by atoms with Gasteiger partial charge in [-0.25, -0.2) is 4.98 Å². The fourth-order valence-corrected chi connectivity index (χ4v) is 2.22. The second-order valence-corrected chi connectivity index (χ2v) is 4.41. The van der Waals surface area contributed by atoms with Crippen LogP contribution in [0.2, 0.25) is 0 Å². The van der Waals surface area contributed by atoms with E-state index in [0.717, 1.165) is 28.9 Å². The zero-order valence-corrected chi connectivity index (χ0v) is 9.55. The van der Waals surface area contributed by atoms with E-state index in [1.54, 1.807) is 0 Å². The van der Waals surface area contributed by atoms with Gasteiger partial charge in [-0.2, -0.15) is 5.26 Å². The summed E-state index contributed by atoms with van der Waals surface area (Å²) in [6.07, 6.45) is 0.949. The predicted molar refractivity (Wildman–Crippen MR) is 66.5 cm³/mol. The van der Waals surface area contributed by atoms with Crippen LogP contribution in [0.5, 0.6) is 0 Å². The molecule has 0 saturated heterocycles. The first-order valence-electron chi connectivity index (χ1n) is 5.08. The molecule has 0 aliphatic carbocycles. The van der Waals surface area contributed by atoms with E-state index in [1.807, 2.05) is 18.2 Å². The number of aromatic nitrogens is 1. The van der Waals surface area contributed by atoms with E-state index < -0.39 is 0 Å². The van der Waals surface area contributed by atoms with Crippen molar-refractivity contribution in [1.82, 2.24) is 4.98 Å². The van der Waals surface area contributed by atoms with Gasteiger partial charge >= 0.3 is 0 Å². The van der Waals surface area contributed by atoms with Crippen LogP contribution in [-0.4, -0.2) is 18.1 Å². The van der Waals surface area contributed by atoms with Gasteiger partial charge in [-0.1, -0.05) is 0 Å². The third-order valence-corrected chi connectivity index (χ3v) is 3.12. The van der Waals surface area contributed by atoms with Crippen LogP contribution < -0.4 is 11.1 Å². The van der Waals surface area contributed by atoms with Gasteiger partial charge in [0.15, 0.2) is 5.01 Å². The third-order valence-electron chi connectivity index (χ3n) is 2.19. The van der Waals surface area contributed by atoms with E-state index in [1.165, 1.54) is 11.3 Å². The summed E-state index contributed by atoms with van der Waals surface area (Å²) in [5.41, 5.74) is 7.35. The maximum absolute atomic E-state index is 8.75. The summed E-state index contributed by atoms with van der Waals surface area (Å²) in [5.74, 6) is 0. The lowest BCUT2D eigenvalue weighted by Gasteiger charge is -2.04. The molecule has 1 aromatic heterocycles. The molecule has 16 heavy (non-hydrogen) atoms. The molecule has 0 saturated carbocycles. The fraction of sp³-hybridized carbons (Fsp3) is 0.273. The highest BCUT2D eigenvalue weighted by Crippen LogP contribution is 2.24. The molecule has 1 aromatic carbocycles. The van der Waals surface area contributed by atoms with Crippen molar-refractivity contribution in [3.05, 3.63) is 23.2 Å². The molecule has 0 fully saturated rings. The van der Waals surface area contributed by atoms with Crippen LogP contribution in [0.3, 0.4) is 0 Å². The maximum Gasteiger partial charge on any atom is 0.195 e. The van der Waals surface area contributed by atoms with Crippen molar-refractivity contribution in [1.29, 1.82) is 5.26 Å². The number of nitrogens with zero attached hydrogens (tertiary/aromatic N) is 2. The lowest BCUT2D eigenvalue weighted by atomic mass is 10.3. The topological polar surface area (TPSA) is 74.7 Å². The second-order valence-electron chi connectivity index (χ2n) is 3.38. The second kappa shape index (κ2) is 4.92. The Morgan fingerprint density at radius 2 is 2.38 bits per heavy atom. The third kappa shape index (κ3) is 2.30. The van der Waals surface area contributed by atoms with Crippen LogP contribution in [0.1, 0.15) is 11.4 Å². The number of benzene rings is 1. The van der Waals surface area contributed by atoms with Crippen molar-refractivity contribution in [2.24, 2.45) is 5.73 Å². The maximum atomic E-state index is 8.75. The number of anilines is 1. The van der Waals surface area contributed by atoms with Gasteiger partial charge in [0.05, 0.1) is 10.2 Å². The first-order chi connectivity index (χ1) is 7.83. The van der Waals surface area contributed by atoms with E-state index in [2.05, 4.69) is 16.4 Å². The molecule has 3 N–H and O–H groups in total. The molecule has 2 aromatic rings. The minimum atomic E-state index is 0.508. The van der Waals surface area contributed by atoms with Gasteiger partial charge in [-0.3, -0.25) is 0 Å². The number of hydrogen-bond donors (Lipinski definition) is 2. The quantitative estimate of drug-likeness (QED) is 0.790. The van der Waals surface area contributed by atoms with Crippen molar-refractivity contribution in [3.63, 3.8) is 0 Å². The smallest absolute Gasteiger partial charge is 0.195 e. The van der Waals surface area contributed by atoms with Crippen LogP contribution in [0, 0.1) is 11.3 Å². The standard InChI is InChI=1S/C11H12N4S/c12-4-1-5-14-8-2-3-9-10(6-8)16-11(7-13)15-9/h2-3,6,14H,1,4-5,12H2. The van der Waals surface area contributed by atoms with Crippen molar-refractivity contribution in [3.8, 4) is 6.07 Å². The molecule has 82 valence electrons. The number of nitriles is 1. The van der Waals surface area contributed by atoms with E-state index >= 15 is 0 Å². The van der Waals surface area contributed by atoms with Gasteiger partial charge in [0, 0.05) is 12.2 Å². The Morgan fingerprint density at radius 1 is 1.50 bits per heavy atom. The first kappa shape index (κ1) is 10.9. The highest BCUT2D eigenvalue weighted by molar-refractivity contribution is 7.19. The minimum Gasteiger partial charge on any atom is -0.385 e. The number of nitrogens with two attached hydrogens (primary N) is 1. The number of thiazole rings is 1. The molecule has 4 nitrogen and oxygen atoms in total. The van der Waals surface area contributed by atoms with Crippen molar-refractivity contribution in [2.75, 3.05) is 18.4 Å². The molecule has 2 rings (SSSR count). The summed E-state index contributed by atoms with van der Waals surface area (Å²) in [7, 11) is 0. The van der Waals surface area contributed by atoms with Crippen molar-refractivity contribution in [2.45, 2.75) is 6.42 Å². The lowest BCUT2D eigenvalue weighted by molar-refractivity contribution is 0.874.